The normalized spacial score (nSPS) is 14.1. The number of nitrogens with zero attached hydrogens (tertiary/aromatic N) is 1. The molecule has 0 heterocycles. The van der Waals surface area contributed by atoms with Crippen LogP contribution in [0.25, 0.3) is 0 Å². The molecule has 0 aliphatic rings. The molecular weight excluding hydrogens is 254 g/mol. The molecule has 88 valence electrons. The summed E-state index contributed by atoms with van der Waals surface area (Å²) in [7, 11) is -3.25. The summed E-state index contributed by atoms with van der Waals surface area (Å²) in [6.45, 7) is 1.79. The van der Waals surface area contributed by atoms with Crippen LogP contribution in [0.2, 0.25) is 0 Å². The van der Waals surface area contributed by atoms with Crippen molar-refractivity contribution in [3.63, 3.8) is 0 Å². The molecule has 0 aliphatic heterocycles. The van der Waals surface area contributed by atoms with Crippen molar-refractivity contribution < 1.29 is 17.5 Å². The van der Waals surface area contributed by atoms with Crippen LogP contribution in [0.3, 0.4) is 0 Å². The van der Waals surface area contributed by atoms with E-state index in [9.17, 15) is 14.3 Å². The van der Waals surface area contributed by atoms with Crippen molar-refractivity contribution in [1.29, 1.82) is 0 Å². The third kappa shape index (κ3) is 3.72. The lowest BCUT2D eigenvalue weighted by Crippen LogP contribution is -2.11. The van der Waals surface area contributed by atoms with E-state index in [0.29, 0.717) is 0 Å². The maximum atomic E-state index is 11.4. The number of rotatable bonds is 5. The Bertz CT molecular complexity index is 468. The number of nitro groups is 1. The summed E-state index contributed by atoms with van der Waals surface area (Å²) in [5, 5.41) is 10.4. The second-order valence-corrected chi connectivity index (χ2v) is 5.09. The highest BCUT2D eigenvalue weighted by atomic mass is 32.9. The van der Waals surface area contributed by atoms with Gasteiger partial charge in [-0.25, -0.2) is 0 Å². The van der Waals surface area contributed by atoms with Gasteiger partial charge in [0.15, 0.2) is 0 Å². The average Bonchev–Trinajstić information content (AvgIpc) is 2.17. The van der Waals surface area contributed by atoms with Crippen molar-refractivity contribution in [3.8, 4) is 5.75 Å². The van der Waals surface area contributed by atoms with Crippen molar-refractivity contribution in [2.24, 2.45) is 0 Å². The lowest BCUT2D eigenvalue weighted by Gasteiger charge is -2.07. The summed E-state index contributed by atoms with van der Waals surface area (Å²) in [4.78, 5) is 9.82. The van der Waals surface area contributed by atoms with Gasteiger partial charge in [-0.3, -0.25) is 14.3 Å². The van der Waals surface area contributed by atoms with Gasteiger partial charge in [0.25, 0.3) is 5.69 Å². The molecule has 16 heavy (non-hydrogen) atoms. The van der Waals surface area contributed by atoms with E-state index in [1.165, 1.54) is 24.3 Å². The predicted octanol–water partition coefficient (Wildman–Crippen LogP) is 1.59. The molecule has 1 aromatic carbocycles. The Kier molecular flexibility index (Phi) is 4.16. The summed E-state index contributed by atoms with van der Waals surface area (Å²) >= 11 is 4.56. The molecule has 0 bridgehead atoms. The smallest absolute Gasteiger partial charge is 0.314 e. The fourth-order valence-electron chi connectivity index (χ4n) is 0.910. The molecule has 0 saturated heterocycles. The summed E-state index contributed by atoms with van der Waals surface area (Å²) in [5.74, 6) is 0.166. The molecule has 1 rings (SSSR count). The van der Waals surface area contributed by atoms with Crippen LogP contribution in [0.4, 0.5) is 5.69 Å². The Morgan fingerprint density at radius 2 is 2.00 bits per heavy atom. The van der Waals surface area contributed by atoms with Crippen molar-refractivity contribution >= 4 is 25.9 Å². The van der Waals surface area contributed by atoms with Crippen LogP contribution in [0.15, 0.2) is 24.3 Å². The van der Waals surface area contributed by atoms with Gasteiger partial charge >= 0.3 is 9.05 Å². The second kappa shape index (κ2) is 5.19. The Balaban J connectivity index is 2.80. The Morgan fingerprint density at radius 3 is 2.44 bits per heavy atom. The van der Waals surface area contributed by atoms with Crippen molar-refractivity contribution in [3.05, 3.63) is 34.4 Å². The van der Waals surface area contributed by atoms with Gasteiger partial charge in [-0.05, 0) is 19.1 Å². The van der Waals surface area contributed by atoms with Crippen LogP contribution in [0.1, 0.15) is 6.92 Å². The van der Waals surface area contributed by atoms with Gasteiger partial charge in [0.1, 0.15) is 5.75 Å². The first-order valence-corrected chi connectivity index (χ1v) is 6.61. The van der Waals surface area contributed by atoms with E-state index in [0.717, 1.165) is 0 Å². The van der Waals surface area contributed by atoms with Crippen molar-refractivity contribution in [2.75, 3.05) is 6.61 Å². The first kappa shape index (κ1) is 12.8. The van der Waals surface area contributed by atoms with Crippen LogP contribution in [-0.2, 0) is 24.4 Å². The third-order valence-electron chi connectivity index (χ3n) is 1.51. The van der Waals surface area contributed by atoms with E-state index in [4.69, 9.17) is 8.37 Å². The second-order valence-electron chi connectivity index (χ2n) is 2.65. The number of benzene rings is 1. The Morgan fingerprint density at radius 1 is 1.44 bits per heavy atom. The standard InChI is InChI=1S/C8H9NO5S2/c1-2-13-16(12,15)14-8-5-3-7(4-6-8)9(10)11/h3-6H,2H2,1H3. The summed E-state index contributed by atoms with van der Waals surface area (Å²) < 4.78 is 21.0. The summed E-state index contributed by atoms with van der Waals surface area (Å²) in [6.07, 6.45) is 0. The molecule has 0 aliphatic carbocycles. The van der Waals surface area contributed by atoms with Gasteiger partial charge in [-0.2, -0.15) is 4.21 Å². The minimum atomic E-state index is -3.25. The molecule has 1 aromatic rings. The van der Waals surface area contributed by atoms with E-state index < -0.39 is 14.0 Å². The zero-order valence-electron chi connectivity index (χ0n) is 8.32. The molecule has 0 fully saturated rings. The predicted molar refractivity (Wildman–Crippen MR) is 60.9 cm³/mol. The van der Waals surface area contributed by atoms with Gasteiger partial charge in [0, 0.05) is 12.1 Å². The molecule has 8 heteroatoms. The maximum absolute atomic E-state index is 11.4. The molecule has 6 nitrogen and oxygen atoms in total. The monoisotopic (exact) mass is 263 g/mol. The van der Waals surface area contributed by atoms with E-state index >= 15 is 0 Å². The summed E-state index contributed by atoms with van der Waals surface area (Å²) in [5.41, 5.74) is -0.0837. The van der Waals surface area contributed by atoms with Gasteiger partial charge in [-0.15, -0.1) is 0 Å². The van der Waals surface area contributed by atoms with Crippen LogP contribution in [-0.4, -0.2) is 15.7 Å². The van der Waals surface area contributed by atoms with Gasteiger partial charge in [0.2, 0.25) is 0 Å². The summed E-state index contributed by atoms with van der Waals surface area (Å²) in [6, 6.07) is 5.07. The molecule has 1 unspecified atom stereocenters. The molecule has 1 atom stereocenters. The zero-order chi connectivity index (χ0) is 12.2. The highest BCUT2D eigenvalue weighted by Crippen LogP contribution is 2.19. The highest BCUT2D eigenvalue weighted by molar-refractivity contribution is 8.27. The zero-order valence-corrected chi connectivity index (χ0v) is 9.95. The molecular formula is C8H9NO5S2. The van der Waals surface area contributed by atoms with Crippen LogP contribution >= 0.6 is 0 Å². The average molecular weight is 263 g/mol. The van der Waals surface area contributed by atoms with Gasteiger partial charge in [0.05, 0.1) is 22.7 Å². The number of hydrogen-bond acceptors (Lipinski definition) is 6. The highest BCUT2D eigenvalue weighted by Gasteiger charge is 2.10. The molecule has 0 spiro atoms. The number of non-ortho nitro benzene ring substituents is 1. The van der Waals surface area contributed by atoms with E-state index in [1.807, 2.05) is 0 Å². The molecule has 0 saturated carbocycles. The Hall–Kier alpha value is -1.25. The maximum Gasteiger partial charge on any atom is 0.314 e. The molecule has 0 N–H and O–H groups in total. The Labute approximate surface area is 97.4 Å². The fourth-order valence-corrected chi connectivity index (χ4v) is 2.12. The number of hydrogen-bond donors (Lipinski definition) is 0. The van der Waals surface area contributed by atoms with Gasteiger partial charge < -0.3 is 4.18 Å². The topological polar surface area (TPSA) is 78.7 Å². The minimum absolute atomic E-state index is 0.0837. The quantitative estimate of drug-likeness (QED) is 0.593. The minimum Gasteiger partial charge on any atom is -0.382 e. The van der Waals surface area contributed by atoms with Crippen LogP contribution < -0.4 is 4.18 Å². The first-order valence-electron chi connectivity index (χ1n) is 4.28. The third-order valence-corrected chi connectivity index (χ3v) is 2.92. The SMILES string of the molecule is CCOS(=O)(=S)Oc1ccc([N+](=O)[O-])cc1. The van der Waals surface area contributed by atoms with Gasteiger partial charge in [-0.1, -0.05) is 0 Å². The largest absolute Gasteiger partial charge is 0.382 e. The number of nitro benzene ring substituents is 1. The molecule has 0 amide bonds. The van der Waals surface area contributed by atoms with Crippen LogP contribution in [0, 0.1) is 10.1 Å². The van der Waals surface area contributed by atoms with Crippen molar-refractivity contribution in [2.45, 2.75) is 6.92 Å². The van der Waals surface area contributed by atoms with Crippen LogP contribution in [0.5, 0.6) is 5.75 Å². The fraction of sp³-hybridized carbons (Fsp3) is 0.250. The van der Waals surface area contributed by atoms with E-state index in [1.54, 1.807) is 6.92 Å². The van der Waals surface area contributed by atoms with E-state index in [-0.39, 0.29) is 18.0 Å². The lowest BCUT2D eigenvalue weighted by atomic mass is 10.3. The first-order chi connectivity index (χ1) is 7.44. The lowest BCUT2D eigenvalue weighted by molar-refractivity contribution is -0.384. The molecule has 0 aromatic heterocycles. The molecule has 0 radical (unpaired) electrons. The van der Waals surface area contributed by atoms with Crippen molar-refractivity contribution in [1.82, 2.24) is 0 Å². The van der Waals surface area contributed by atoms with E-state index in [2.05, 4.69) is 11.2 Å².